The topological polar surface area (TPSA) is 60.2 Å². The van der Waals surface area contributed by atoms with Crippen LogP contribution in [0.2, 0.25) is 0 Å². The number of hydrogen-bond acceptors (Lipinski definition) is 3. The molecular formula is C5H9NO2S2. The molecule has 1 aliphatic carbocycles. The van der Waals surface area contributed by atoms with Gasteiger partial charge in [0.25, 0.3) is 0 Å². The van der Waals surface area contributed by atoms with Crippen LogP contribution in [0.15, 0.2) is 0 Å². The van der Waals surface area contributed by atoms with Crippen LogP contribution in [-0.2, 0) is 9.84 Å². The van der Waals surface area contributed by atoms with Gasteiger partial charge in [-0.3, -0.25) is 0 Å². The summed E-state index contributed by atoms with van der Waals surface area (Å²) in [6, 6.07) is 0. The van der Waals surface area contributed by atoms with Crippen LogP contribution in [0, 0.1) is 0 Å². The van der Waals surface area contributed by atoms with Crippen molar-refractivity contribution in [3.8, 4) is 0 Å². The Balaban J connectivity index is 3.02. The molecule has 0 saturated heterocycles. The summed E-state index contributed by atoms with van der Waals surface area (Å²) in [6.45, 7) is 0. The standard InChI is InChI=1S/C5H9NO2S2/c1-10(7,8)5(2-3-5)4(6)9/h2-3H2,1H3,(H2,6,9). The Labute approximate surface area is 65.5 Å². The molecule has 0 atom stereocenters. The fourth-order valence-electron chi connectivity index (χ4n) is 0.913. The van der Waals surface area contributed by atoms with E-state index in [1.807, 2.05) is 0 Å². The summed E-state index contributed by atoms with van der Waals surface area (Å²) >= 11 is 4.64. The van der Waals surface area contributed by atoms with Crippen LogP contribution in [0.4, 0.5) is 0 Å². The molecule has 0 heterocycles. The van der Waals surface area contributed by atoms with Crippen LogP contribution in [0.25, 0.3) is 0 Å². The van der Waals surface area contributed by atoms with Gasteiger partial charge in [0.05, 0.1) is 4.99 Å². The maximum Gasteiger partial charge on any atom is 0.159 e. The highest BCUT2D eigenvalue weighted by molar-refractivity contribution is 7.95. The molecule has 0 aromatic heterocycles. The predicted octanol–water partition coefficient (Wildman–Crippen LogP) is -0.150. The second kappa shape index (κ2) is 1.92. The van der Waals surface area contributed by atoms with Crippen LogP contribution in [0.3, 0.4) is 0 Å². The summed E-state index contributed by atoms with van der Waals surface area (Å²) in [4.78, 5) is 0.120. The van der Waals surface area contributed by atoms with Gasteiger partial charge in [0.2, 0.25) is 0 Å². The molecule has 0 bridgehead atoms. The first-order chi connectivity index (χ1) is 4.40. The smallest absolute Gasteiger partial charge is 0.159 e. The van der Waals surface area contributed by atoms with E-state index in [1.165, 1.54) is 6.26 Å². The fraction of sp³-hybridized carbons (Fsp3) is 0.800. The highest BCUT2D eigenvalue weighted by Crippen LogP contribution is 2.43. The van der Waals surface area contributed by atoms with E-state index in [9.17, 15) is 8.42 Å². The number of thiocarbonyl (C=S) groups is 1. The first-order valence-electron chi connectivity index (χ1n) is 2.90. The minimum absolute atomic E-state index is 0.120. The van der Waals surface area contributed by atoms with E-state index in [-0.39, 0.29) is 4.99 Å². The molecule has 3 nitrogen and oxygen atoms in total. The molecule has 0 aliphatic heterocycles. The minimum Gasteiger partial charge on any atom is -0.392 e. The number of hydrogen-bond donors (Lipinski definition) is 1. The Hall–Kier alpha value is -0.160. The lowest BCUT2D eigenvalue weighted by molar-refractivity contribution is 0.596. The van der Waals surface area contributed by atoms with E-state index in [2.05, 4.69) is 12.2 Å². The zero-order chi connectivity index (χ0) is 7.99. The first-order valence-corrected chi connectivity index (χ1v) is 5.20. The molecule has 1 rings (SSSR count). The molecule has 0 aromatic carbocycles. The van der Waals surface area contributed by atoms with Crippen LogP contribution >= 0.6 is 12.2 Å². The molecule has 0 radical (unpaired) electrons. The van der Waals surface area contributed by atoms with Gasteiger partial charge in [-0.1, -0.05) is 12.2 Å². The van der Waals surface area contributed by atoms with Crippen LogP contribution in [0.1, 0.15) is 12.8 Å². The lowest BCUT2D eigenvalue weighted by Gasteiger charge is -2.08. The summed E-state index contributed by atoms with van der Waals surface area (Å²) in [5.41, 5.74) is 5.27. The van der Waals surface area contributed by atoms with Gasteiger partial charge in [-0.2, -0.15) is 0 Å². The number of sulfone groups is 1. The summed E-state index contributed by atoms with van der Waals surface area (Å²) in [6.07, 6.45) is 2.38. The molecule has 5 heteroatoms. The van der Waals surface area contributed by atoms with Gasteiger partial charge >= 0.3 is 0 Å². The highest BCUT2D eigenvalue weighted by Gasteiger charge is 2.54. The molecule has 1 fully saturated rings. The normalized spacial score (nSPS) is 22.1. The van der Waals surface area contributed by atoms with Gasteiger partial charge in [0.15, 0.2) is 9.84 Å². The summed E-state index contributed by atoms with van der Waals surface area (Å²) < 4.78 is 21.1. The molecule has 2 N–H and O–H groups in total. The van der Waals surface area contributed by atoms with Crippen LogP contribution in [0.5, 0.6) is 0 Å². The van der Waals surface area contributed by atoms with Crippen molar-refractivity contribution in [3.05, 3.63) is 0 Å². The maximum atomic E-state index is 11.0. The van der Waals surface area contributed by atoms with Crippen molar-refractivity contribution in [2.24, 2.45) is 5.73 Å². The van der Waals surface area contributed by atoms with E-state index >= 15 is 0 Å². The summed E-state index contributed by atoms with van der Waals surface area (Å²) in [5, 5.41) is 0. The molecule has 0 aromatic rings. The van der Waals surface area contributed by atoms with Gasteiger partial charge in [-0.25, -0.2) is 8.42 Å². The second-order valence-electron chi connectivity index (χ2n) is 2.63. The van der Waals surface area contributed by atoms with E-state index in [4.69, 9.17) is 5.73 Å². The Kier molecular flexibility index (Phi) is 1.52. The SMILES string of the molecule is CS(=O)(=O)C1(C(N)=S)CC1. The third kappa shape index (κ3) is 0.932. The molecule has 0 unspecified atom stereocenters. The third-order valence-electron chi connectivity index (χ3n) is 1.86. The third-order valence-corrected chi connectivity index (χ3v) is 4.43. The van der Waals surface area contributed by atoms with Gasteiger partial charge in [0, 0.05) is 6.26 Å². The molecule has 0 amide bonds. The van der Waals surface area contributed by atoms with Crippen LogP contribution < -0.4 is 5.73 Å². The van der Waals surface area contributed by atoms with Crippen molar-refractivity contribution in [2.75, 3.05) is 6.26 Å². The van der Waals surface area contributed by atoms with Gasteiger partial charge in [-0.05, 0) is 12.8 Å². The Bertz CT molecular complexity index is 263. The number of nitrogens with two attached hydrogens (primary N) is 1. The lowest BCUT2D eigenvalue weighted by Crippen LogP contribution is -2.35. The quantitative estimate of drug-likeness (QED) is 0.599. The lowest BCUT2D eigenvalue weighted by atomic mass is 10.4. The fourth-order valence-corrected chi connectivity index (χ4v) is 2.78. The minimum atomic E-state index is -3.06. The molecule has 58 valence electrons. The molecule has 10 heavy (non-hydrogen) atoms. The first kappa shape index (κ1) is 7.94. The number of rotatable bonds is 2. The summed E-state index contributed by atoms with van der Waals surface area (Å²) in [7, 11) is -3.06. The highest BCUT2D eigenvalue weighted by atomic mass is 32.2. The van der Waals surface area contributed by atoms with Gasteiger partial charge in [-0.15, -0.1) is 0 Å². The zero-order valence-electron chi connectivity index (χ0n) is 5.62. The van der Waals surface area contributed by atoms with Crippen molar-refractivity contribution in [1.29, 1.82) is 0 Å². The van der Waals surface area contributed by atoms with Crippen molar-refractivity contribution in [1.82, 2.24) is 0 Å². The average molecular weight is 179 g/mol. The van der Waals surface area contributed by atoms with Crippen molar-refractivity contribution < 1.29 is 8.42 Å². The monoisotopic (exact) mass is 179 g/mol. The van der Waals surface area contributed by atoms with Gasteiger partial charge < -0.3 is 5.73 Å². The molecule has 1 saturated carbocycles. The molecule has 1 aliphatic rings. The van der Waals surface area contributed by atoms with E-state index < -0.39 is 14.6 Å². The van der Waals surface area contributed by atoms with Crippen molar-refractivity contribution in [2.45, 2.75) is 17.6 Å². The second-order valence-corrected chi connectivity index (χ2v) is 5.40. The van der Waals surface area contributed by atoms with Crippen molar-refractivity contribution >= 4 is 27.0 Å². The Morgan fingerprint density at radius 1 is 1.60 bits per heavy atom. The van der Waals surface area contributed by atoms with E-state index in [1.54, 1.807) is 0 Å². The Morgan fingerprint density at radius 2 is 2.00 bits per heavy atom. The summed E-state index contributed by atoms with van der Waals surface area (Å²) in [5.74, 6) is 0. The molecular weight excluding hydrogens is 170 g/mol. The largest absolute Gasteiger partial charge is 0.392 e. The molecule has 0 spiro atoms. The average Bonchev–Trinajstić information content (AvgIpc) is 2.36. The maximum absolute atomic E-state index is 11.0. The van der Waals surface area contributed by atoms with Crippen LogP contribution in [-0.4, -0.2) is 24.4 Å². The zero-order valence-corrected chi connectivity index (χ0v) is 7.26. The van der Waals surface area contributed by atoms with E-state index in [0.717, 1.165) is 0 Å². The van der Waals surface area contributed by atoms with Crippen molar-refractivity contribution in [3.63, 3.8) is 0 Å². The Morgan fingerprint density at radius 3 is 2.00 bits per heavy atom. The van der Waals surface area contributed by atoms with Gasteiger partial charge in [0.1, 0.15) is 4.75 Å². The predicted molar refractivity (Wildman–Crippen MR) is 43.6 cm³/mol. The van der Waals surface area contributed by atoms with E-state index in [0.29, 0.717) is 12.8 Å².